The molecule has 0 atom stereocenters. The molecule has 0 aromatic rings. The van der Waals surface area contributed by atoms with Crippen LogP contribution in [0.5, 0.6) is 0 Å². The second-order valence-electron chi connectivity index (χ2n) is 7.96. The van der Waals surface area contributed by atoms with Crippen molar-refractivity contribution in [3.63, 3.8) is 0 Å². The van der Waals surface area contributed by atoms with Crippen LogP contribution in [0, 0.1) is 0 Å². The van der Waals surface area contributed by atoms with Crippen LogP contribution in [0.15, 0.2) is 0 Å². The molecule has 0 saturated heterocycles. The molecule has 0 bridgehead atoms. The van der Waals surface area contributed by atoms with Gasteiger partial charge in [-0.2, -0.15) is 0 Å². The first-order valence-corrected chi connectivity index (χ1v) is 15.3. The van der Waals surface area contributed by atoms with Crippen molar-refractivity contribution in [1.29, 1.82) is 0 Å². The fourth-order valence-corrected chi connectivity index (χ4v) is 14.2. The lowest BCUT2D eigenvalue weighted by Crippen LogP contribution is -2.09. The van der Waals surface area contributed by atoms with Crippen LogP contribution in [0.3, 0.4) is 0 Å². The van der Waals surface area contributed by atoms with Gasteiger partial charge in [-0.25, -0.2) is 0 Å². The number of thioether (sulfide) groups is 3. The molecule has 2 nitrogen and oxygen atoms in total. The summed E-state index contributed by atoms with van der Waals surface area (Å²) in [5.41, 5.74) is 0. The Morgan fingerprint density at radius 2 is 1.04 bits per heavy atom. The first kappa shape index (κ1) is 24.9. The Labute approximate surface area is 164 Å². The Morgan fingerprint density at radius 1 is 0.696 bits per heavy atom. The standard InChI is InChI=1S/C15H33O2PS5/c1-13(2,3)19-10-17-18(16,22-11-20-14(4,5)6)23-12-21-15(7,8)9/h10-12H2,1-9H3. The maximum atomic E-state index is 13.1. The average molecular weight is 437 g/mol. The van der Waals surface area contributed by atoms with Crippen LogP contribution in [0.4, 0.5) is 0 Å². The van der Waals surface area contributed by atoms with Gasteiger partial charge in [-0.05, 0) is 22.8 Å². The van der Waals surface area contributed by atoms with Gasteiger partial charge >= 0.3 is 5.77 Å². The van der Waals surface area contributed by atoms with Crippen LogP contribution in [0.1, 0.15) is 62.3 Å². The molecule has 0 aromatic heterocycles. The van der Waals surface area contributed by atoms with Crippen LogP contribution >= 0.6 is 63.8 Å². The minimum Gasteiger partial charge on any atom is -0.303 e. The van der Waals surface area contributed by atoms with Crippen LogP contribution in [0.2, 0.25) is 0 Å². The average Bonchev–Trinajstić information content (AvgIpc) is 2.22. The van der Waals surface area contributed by atoms with Crippen LogP contribution < -0.4 is 0 Å². The summed E-state index contributed by atoms with van der Waals surface area (Å²) in [6.45, 7) is 19.5. The highest BCUT2D eigenvalue weighted by molar-refractivity contribution is 8.90. The molecular formula is C15H33O2PS5. The molecule has 0 spiro atoms. The molecule has 0 heterocycles. The van der Waals surface area contributed by atoms with Crippen molar-refractivity contribution in [2.45, 2.75) is 76.6 Å². The molecule has 8 heteroatoms. The van der Waals surface area contributed by atoms with Crippen molar-refractivity contribution in [3.05, 3.63) is 0 Å². The summed E-state index contributed by atoms with van der Waals surface area (Å²) in [7, 11) is 0. The van der Waals surface area contributed by atoms with Gasteiger partial charge in [0.2, 0.25) is 0 Å². The molecule has 0 radical (unpaired) electrons. The fraction of sp³-hybridized carbons (Fsp3) is 1.00. The van der Waals surface area contributed by atoms with Gasteiger partial charge in [0.15, 0.2) is 0 Å². The van der Waals surface area contributed by atoms with Gasteiger partial charge in [0.25, 0.3) is 0 Å². The van der Waals surface area contributed by atoms with Gasteiger partial charge in [0.1, 0.15) is 5.94 Å². The molecule has 0 amide bonds. The molecule has 0 fully saturated rings. The van der Waals surface area contributed by atoms with Crippen molar-refractivity contribution in [2.24, 2.45) is 0 Å². The zero-order chi connectivity index (χ0) is 18.4. The van der Waals surface area contributed by atoms with Crippen molar-refractivity contribution < 1.29 is 9.09 Å². The third-order valence-corrected chi connectivity index (χ3v) is 14.3. The number of hydrogen-bond acceptors (Lipinski definition) is 7. The molecule has 0 aliphatic heterocycles. The van der Waals surface area contributed by atoms with E-state index in [1.807, 2.05) is 23.5 Å². The molecule has 0 unspecified atom stereocenters. The van der Waals surface area contributed by atoms with E-state index in [0.29, 0.717) is 5.94 Å². The lowest BCUT2D eigenvalue weighted by molar-refractivity contribution is 0.404. The van der Waals surface area contributed by atoms with Crippen molar-refractivity contribution >= 4 is 63.8 Å². The maximum absolute atomic E-state index is 13.1. The van der Waals surface area contributed by atoms with Gasteiger partial charge in [0, 0.05) is 24.4 Å². The lowest BCUT2D eigenvalue weighted by Gasteiger charge is -2.24. The summed E-state index contributed by atoms with van der Waals surface area (Å²) in [5, 5.41) is 1.60. The quantitative estimate of drug-likeness (QED) is 0.266. The van der Waals surface area contributed by atoms with E-state index in [1.165, 1.54) is 22.8 Å². The predicted octanol–water partition coefficient (Wildman–Crippen LogP) is 8.05. The Balaban J connectivity index is 4.53. The highest BCUT2D eigenvalue weighted by Crippen LogP contribution is 2.71. The number of hydrogen-bond donors (Lipinski definition) is 0. The van der Waals surface area contributed by atoms with E-state index < -0.39 is 5.77 Å². The monoisotopic (exact) mass is 436 g/mol. The third-order valence-electron chi connectivity index (χ3n) is 2.11. The molecule has 0 saturated carbocycles. The minimum absolute atomic E-state index is 0.125. The van der Waals surface area contributed by atoms with E-state index in [2.05, 4.69) is 62.3 Å². The second-order valence-corrected chi connectivity index (χ2v) is 21.4. The fourth-order valence-electron chi connectivity index (χ4n) is 0.915. The molecule has 140 valence electrons. The van der Waals surface area contributed by atoms with Crippen LogP contribution in [0.25, 0.3) is 0 Å². The second kappa shape index (κ2) is 10.3. The molecular weight excluding hydrogens is 403 g/mol. The molecule has 0 aromatic carbocycles. The van der Waals surface area contributed by atoms with E-state index in [-0.39, 0.29) is 14.2 Å². The van der Waals surface area contributed by atoms with Gasteiger partial charge in [-0.15, -0.1) is 35.3 Å². The van der Waals surface area contributed by atoms with Gasteiger partial charge in [-0.3, -0.25) is 4.57 Å². The topological polar surface area (TPSA) is 26.3 Å². The molecule has 0 aliphatic carbocycles. The summed E-state index contributed by atoms with van der Waals surface area (Å²) in [5.74, 6) is -2.22. The SMILES string of the molecule is CC(C)(C)SCOP(=O)(SCSC(C)(C)C)SCSC(C)(C)C. The highest BCUT2D eigenvalue weighted by Gasteiger charge is 2.28. The normalized spacial score (nSPS) is 14.3. The van der Waals surface area contributed by atoms with Crippen molar-refractivity contribution in [3.8, 4) is 0 Å². The van der Waals surface area contributed by atoms with E-state index >= 15 is 0 Å². The van der Waals surface area contributed by atoms with E-state index in [9.17, 15) is 4.57 Å². The Hall–Kier alpha value is 1.94. The van der Waals surface area contributed by atoms with E-state index in [0.717, 1.165) is 10.2 Å². The summed E-state index contributed by atoms with van der Waals surface area (Å²) < 4.78 is 19.5. The van der Waals surface area contributed by atoms with E-state index in [4.69, 9.17) is 4.52 Å². The summed E-state index contributed by atoms with van der Waals surface area (Å²) in [6, 6.07) is 0. The molecule has 0 aliphatic rings. The predicted molar refractivity (Wildman–Crippen MR) is 121 cm³/mol. The van der Waals surface area contributed by atoms with Crippen LogP contribution in [-0.2, 0) is 9.09 Å². The summed E-state index contributed by atoms with van der Waals surface area (Å²) >= 11 is 8.32. The minimum atomic E-state index is -2.71. The zero-order valence-electron chi connectivity index (χ0n) is 15.9. The smallest absolute Gasteiger partial charge is 0.303 e. The first-order valence-electron chi connectivity index (χ1n) is 7.57. The first-order chi connectivity index (χ1) is 10.1. The number of rotatable bonds is 9. The van der Waals surface area contributed by atoms with Gasteiger partial charge < -0.3 is 4.52 Å². The molecule has 23 heavy (non-hydrogen) atoms. The van der Waals surface area contributed by atoms with Gasteiger partial charge in [-0.1, -0.05) is 62.3 Å². The Bertz CT molecular complexity index is 326. The molecule has 0 rings (SSSR count). The summed E-state index contributed by atoms with van der Waals surface area (Å²) in [4.78, 5) is 0. The van der Waals surface area contributed by atoms with Crippen molar-refractivity contribution in [1.82, 2.24) is 0 Å². The van der Waals surface area contributed by atoms with Crippen molar-refractivity contribution in [2.75, 3.05) is 16.1 Å². The largest absolute Gasteiger partial charge is 0.315 e. The Kier molecular flexibility index (Phi) is 11.2. The highest BCUT2D eigenvalue weighted by atomic mass is 33.1. The lowest BCUT2D eigenvalue weighted by atomic mass is 10.3. The Morgan fingerprint density at radius 3 is 1.35 bits per heavy atom. The maximum Gasteiger partial charge on any atom is 0.315 e. The van der Waals surface area contributed by atoms with E-state index in [1.54, 1.807) is 11.8 Å². The third kappa shape index (κ3) is 17.1. The summed E-state index contributed by atoms with van der Waals surface area (Å²) in [6.07, 6.45) is 0. The zero-order valence-corrected chi connectivity index (χ0v) is 20.9. The molecule has 0 N–H and O–H groups in total. The van der Waals surface area contributed by atoms with Gasteiger partial charge in [0.05, 0.1) is 0 Å². The van der Waals surface area contributed by atoms with Crippen LogP contribution in [-0.4, -0.2) is 30.3 Å².